The molecule has 18 heavy (non-hydrogen) atoms. The van der Waals surface area contributed by atoms with Gasteiger partial charge in [-0.1, -0.05) is 31.5 Å². The molecule has 5 heteroatoms. The number of halogens is 1. The average molecular weight is 282 g/mol. The summed E-state index contributed by atoms with van der Waals surface area (Å²) in [6, 6.07) is 4.46. The van der Waals surface area contributed by atoms with Gasteiger partial charge in [-0.15, -0.1) is 11.3 Å². The first-order valence-electron chi connectivity index (χ1n) is 5.92. The normalized spacial score (nSPS) is 12.7. The Morgan fingerprint density at radius 2 is 2.06 bits per heavy atom. The summed E-state index contributed by atoms with van der Waals surface area (Å²) in [4.78, 5) is 9.68. The largest absolute Gasteiger partial charge is 0.347 e. The molecular formula is C13H16ClN3S. The van der Waals surface area contributed by atoms with Crippen LogP contribution in [0.1, 0.15) is 31.2 Å². The van der Waals surface area contributed by atoms with Gasteiger partial charge in [-0.2, -0.15) is 0 Å². The molecule has 0 aliphatic heterocycles. The van der Waals surface area contributed by atoms with E-state index in [1.54, 1.807) is 23.7 Å². The van der Waals surface area contributed by atoms with Gasteiger partial charge >= 0.3 is 0 Å². The fraction of sp³-hybridized carbons (Fsp3) is 0.385. The average Bonchev–Trinajstić information content (AvgIpc) is 2.84. The van der Waals surface area contributed by atoms with Crippen LogP contribution in [0.4, 0.5) is 5.95 Å². The molecule has 0 fully saturated rings. The third kappa shape index (κ3) is 3.68. The molecule has 1 N–H and O–H groups in total. The number of hydrogen-bond acceptors (Lipinski definition) is 4. The van der Waals surface area contributed by atoms with Gasteiger partial charge in [-0.3, -0.25) is 0 Å². The van der Waals surface area contributed by atoms with Crippen LogP contribution in [-0.2, 0) is 0 Å². The van der Waals surface area contributed by atoms with E-state index in [4.69, 9.17) is 11.6 Å². The van der Waals surface area contributed by atoms with Crippen molar-refractivity contribution in [1.82, 2.24) is 9.97 Å². The molecule has 2 heterocycles. The molecule has 0 aliphatic rings. The zero-order valence-corrected chi connectivity index (χ0v) is 12.0. The molecule has 1 unspecified atom stereocenters. The van der Waals surface area contributed by atoms with Gasteiger partial charge < -0.3 is 5.32 Å². The van der Waals surface area contributed by atoms with E-state index in [1.807, 2.05) is 0 Å². The van der Waals surface area contributed by atoms with Gasteiger partial charge in [0.25, 0.3) is 0 Å². The second kappa shape index (κ2) is 6.16. The molecular weight excluding hydrogens is 266 g/mol. The van der Waals surface area contributed by atoms with Crippen LogP contribution in [0.15, 0.2) is 29.9 Å². The predicted molar refractivity (Wildman–Crippen MR) is 77.2 cm³/mol. The molecule has 2 rings (SSSR count). The van der Waals surface area contributed by atoms with Gasteiger partial charge in [0.2, 0.25) is 5.95 Å². The molecule has 0 saturated carbocycles. The summed E-state index contributed by atoms with van der Waals surface area (Å²) in [5.41, 5.74) is 0. The lowest BCUT2D eigenvalue weighted by atomic mass is 10.0. The van der Waals surface area contributed by atoms with E-state index in [-0.39, 0.29) is 6.04 Å². The Kier molecular flexibility index (Phi) is 4.55. The number of nitrogens with one attached hydrogen (secondary N) is 1. The first kappa shape index (κ1) is 13.3. The van der Waals surface area contributed by atoms with Gasteiger partial charge in [-0.05, 0) is 23.8 Å². The number of aromatic nitrogens is 2. The summed E-state index contributed by atoms with van der Waals surface area (Å²) in [5.74, 6) is 1.23. The molecule has 0 aliphatic carbocycles. The first-order chi connectivity index (χ1) is 8.65. The second-order valence-corrected chi connectivity index (χ2v) is 5.98. The van der Waals surface area contributed by atoms with Crippen molar-refractivity contribution in [2.75, 3.05) is 5.32 Å². The number of anilines is 1. The predicted octanol–water partition coefficient (Wildman–Crippen LogP) is 4.39. The van der Waals surface area contributed by atoms with Crippen LogP contribution in [0, 0.1) is 5.92 Å². The molecule has 2 aromatic rings. The third-order valence-corrected chi connectivity index (χ3v) is 3.70. The van der Waals surface area contributed by atoms with Crippen LogP contribution in [0.3, 0.4) is 0 Å². The minimum atomic E-state index is 0.256. The molecule has 2 aromatic heterocycles. The van der Waals surface area contributed by atoms with Crippen molar-refractivity contribution in [3.63, 3.8) is 0 Å². The summed E-state index contributed by atoms with van der Waals surface area (Å²) >= 11 is 7.53. The van der Waals surface area contributed by atoms with Crippen LogP contribution >= 0.6 is 22.9 Å². The summed E-state index contributed by atoms with van der Waals surface area (Å²) in [7, 11) is 0. The zero-order chi connectivity index (χ0) is 13.0. The summed E-state index contributed by atoms with van der Waals surface area (Å²) < 4.78 is 0. The lowest BCUT2D eigenvalue weighted by Gasteiger charge is -2.19. The zero-order valence-electron chi connectivity index (χ0n) is 10.4. The molecule has 3 nitrogen and oxygen atoms in total. The quantitative estimate of drug-likeness (QED) is 0.883. The number of rotatable bonds is 5. The van der Waals surface area contributed by atoms with Crippen LogP contribution in [0.25, 0.3) is 0 Å². The van der Waals surface area contributed by atoms with Gasteiger partial charge in [0.15, 0.2) is 0 Å². The Morgan fingerprint density at radius 1 is 1.33 bits per heavy atom. The molecule has 0 spiro atoms. The topological polar surface area (TPSA) is 37.8 Å². The molecule has 0 aromatic carbocycles. The first-order valence-corrected chi connectivity index (χ1v) is 7.18. The fourth-order valence-electron chi connectivity index (χ4n) is 1.75. The van der Waals surface area contributed by atoms with Crippen molar-refractivity contribution in [2.24, 2.45) is 5.92 Å². The van der Waals surface area contributed by atoms with Crippen molar-refractivity contribution >= 4 is 28.9 Å². The minimum absolute atomic E-state index is 0.256. The maximum Gasteiger partial charge on any atom is 0.223 e. The molecule has 1 atom stereocenters. The Morgan fingerprint density at radius 3 is 2.61 bits per heavy atom. The SMILES string of the molecule is CC(C)CC(Nc1ncc(Cl)cn1)c1cccs1. The van der Waals surface area contributed by atoms with E-state index >= 15 is 0 Å². The van der Waals surface area contributed by atoms with E-state index in [0.29, 0.717) is 16.9 Å². The van der Waals surface area contributed by atoms with Crippen LogP contribution in [0.2, 0.25) is 5.02 Å². The molecule has 0 saturated heterocycles. The standard InChI is InChI=1S/C13H16ClN3S/c1-9(2)6-11(12-4-3-5-18-12)17-13-15-7-10(14)8-16-13/h3-5,7-9,11H,6H2,1-2H3,(H,15,16,17). The van der Waals surface area contributed by atoms with E-state index in [9.17, 15) is 0 Å². The van der Waals surface area contributed by atoms with Crippen molar-refractivity contribution in [2.45, 2.75) is 26.3 Å². The monoisotopic (exact) mass is 281 g/mol. The Hall–Kier alpha value is -1.13. The lowest BCUT2D eigenvalue weighted by Crippen LogP contribution is -2.13. The van der Waals surface area contributed by atoms with Crippen LogP contribution in [-0.4, -0.2) is 9.97 Å². The van der Waals surface area contributed by atoms with Crippen LogP contribution in [0.5, 0.6) is 0 Å². The number of hydrogen-bond donors (Lipinski definition) is 1. The highest BCUT2D eigenvalue weighted by Gasteiger charge is 2.15. The number of thiophene rings is 1. The lowest BCUT2D eigenvalue weighted by molar-refractivity contribution is 0.533. The van der Waals surface area contributed by atoms with E-state index in [1.165, 1.54) is 4.88 Å². The molecule has 96 valence electrons. The van der Waals surface area contributed by atoms with Crippen LogP contribution < -0.4 is 5.32 Å². The second-order valence-electron chi connectivity index (χ2n) is 4.57. The van der Waals surface area contributed by atoms with E-state index in [0.717, 1.165) is 6.42 Å². The summed E-state index contributed by atoms with van der Waals surface area (Å²) in [5, 5.41) is 6.01. The van der Waals surface area contributed by atoms with E-state index in [2.05, 4.69) is 46.6 Å². The van der Waals surface area contributed by atoms with E-state index < -0.39 is 0 Å². The van der Waals surface area contributed by atoms with Crippen molar-refractivity contribution in [3.8, 4) is 0 Å². The highest BCUT2D eigenvalue weighted by atomic mass is 35.5. The Balaban J connectivity index is 2.12. The highest BCUT2D eigenvalue weighted by molar-refractivity contribution is 7.10. The summed E-state index contributed by atoms with van der Waals surface area (Å²) in [6.07, 6.45) is 4.27. The Labute approximate surface area is 116 Å². The minimum Gasteiger partial charge on any atom is -0.347 e. The van der Waals surface area contributed by atoms with Gasteiger partial charge in [-0.25, -0.2) is 9.97 Å². The van der Waals surface area contributed by atoms with Gasteiger partial charge in [0, 0.05) is 4.88 Å². The van der Waals surface area contributed by atoms with Gasteiger partial charge in [0.05, 0.1) is 23.5 Å². The summed E-state index contributed by atoms with van der Waals surface area (Å²) in [6.45, 7) is 4.43. The van der Waals surface area contributed by atoms with Gasteiger partial charge in [0.1, 0.15) is 0 Å². The molecule has 0 radical (unpaired) electrons. The highest BCUT2D eigenvalue weighted by Crippen LogP contribution is 2.28. The van der Waals surface area contributed by atoms with Crippen molar-refractivity contribution in [3.05, 3.63) is 39.8 Å². The third-order valence-electron chi connectivity index (χ3n) is 2.52. The smallest absolute Gasteiger partial charge is 0.223 e. The van der Waals surface area contributed by atoms with Crippen molar-refractivity contribution in [1.29, 1.82) is 0 Å². The maximum atomic E-state index is 5.78. The maximum absolute atomic E-state index is 5.78. The fourth-order valence-corrected chi connectivity index (χ4v) is 2.64. The molecule has 0 bridgehead atoms. The number of nitrogens with zero attached hydrogens (tertiary/aromatic N) is 2. The molecule has 0 amide bonds. The van der Waals surface area contributed by atoms with Crippen molar-refractivity contribution < 1.29 is 0 Å². The Bertz CT molecular complexity index is 467.